The van der Waals surface area contributed by atoms with E-state index in [1.165, 1.54) is 17.8 Å². The number of hydrogen-bond donors (Lipinski definition) is 3. The SMILES string of the molecule is O[PH](O)(O)[Ru]. The van der Waals surface area contributed by atoms with Crippen molar-refractivity contribution in [3.05, 3.63) is 0 Å². The van der Waals surface area contributed by atoms with Crippen LogP contribution in [0.4, 0.5) is 0 Å². The van der Waals surface area contributed by atoms with Gasteiger partial charge in [0.25, 0.3) is 0 Å². The Kier molecular flexibility index (Phi) is 1.88. The van der Waals surface area contributed by atoms with Gasteiger partial charge >= 0.3 is 38.8 Å². The predicted molar refractivity (Wildman–Crippen MR) is 15.0 cm³/mol. The van der Waals surface area contributed by atoms with Crippen LogP contribution < -0.4 is 0 Å². The van der Waals surface area contributed by atoms with Gasteiger partial charge < -0.3 is 0 Å². The molecule has 0 heterocycles. The van der Waals surface area contributed by atoms with Crippen molar-refractivity contribution in [2.75, 3.05) is 0 Å². The molecule has 0 fully saturated rings. The van der Waals surface area contributed by atoms with Gasteiger partial charge in [0.15, 0.2) is 0 Å². The quantitative estimate of drug-likeness (QED) is 0.331. The summed E-state index contributed by atoms with van der Waals surface area (Å²) in [7, 11) is 0. The van der Waals surface area contributed by atoms with E-state index in [4.69, 9.17) is 14.7 Å². The molecule has 35 valence electrons. The summed E-state index contributed by atoms with van der Waals surface area (Å²) >= 11 is 1.44. The normalized spacial score (nSPS) is 15.2. The molecular formula is H4O3PRu. The molecule has 0 radical (unpaired) electrons. The Bertz CT molecular complexity index is 22.4. The van der Waals surface area contributed by atoms with Crippen molar-refractivity contribution >= 4 is 6.28 Å². The summed E-state index contributed by atoms with van der Waals surface area (Å²) in [5.41, 5.74) is 0. The van der Waals surface area contributed by atoms with Gasteiger partial charge in [-0.15, -0.1) is 0 Å². The van der Waals surface area contributed by atoms with Crippen molar-refractivity contribution in [1.29, 1.82) is 0 Å². The predicted octanol–water partition coefficient (Wildman–Crippen LogP) is -1.08. The van der Waals surface area contributed by atoms with Crippen LogP contribution in [0.15, 0.2) is 0 Å². The first-order chi connectivity index (χ1) is 2.00. The van der Waals surface area contributed by atoms with Gasteiger partial charge in [-0.25, -0.2) is 0 Å². The van der Waals surface area contributed by atoms with Crippen LogP contribution >= 0.6 is 6.28 Å². The molecule has 0 aromatic rings. The molecule has 5 heteroatoms. The molecule has 0 saturated carbocycles. The van der Waals surface area contributed by atoms with E-state index in [1.807, 2.05) is 0 Å². The second-order valence-electron chi connectivity index (χ2n) is 0.537. The van der Waals surface area contributed by atoms with Crippen molar-refractivity contribution in [1.82, 2.24) is 0 Å². The third-order valence-corrected chi connectivity index (χ3v) is 0. The second kappa shape index (κ2) is 1.59. The van der Waals surface area contributed by atoms with E-state index in [0.717, 1.165) is 0 Å². The number of rotatable bonds is 0. The Morgan fingerprint density at radius 1 is 1.20 bits per heavy atom. The van der Waals surface area contributed by atoms with Crippen LogP contribution in [-0.2, 0) is 17.8 Å². The van der Waals surface area contributed by atoms with E-state index in [9.17, 15) is 0 Å². The molecule has 0 atom stereocenters. The van der Waals surface area contributed by atoms with Crippen LogP contribution in [0.1, 0.15) is 0 Å². The fraction of sp³-hybridized carbons (Fsp3) is 0. The van der Waals surface area contributed by atoms with Crippen LogP contribution in [-0.4, -0.2) is 14.7 Å². The fourth-order valence-corrected chi connectivity index (χ4v) is 0. The van der Waals surface area contributed by atoms with Gasteiger partial charge in [0, 0.05) is 0 Å². The minimum absolute atomic E-state index is 1.44. The summed E-state index contributed by atoms with van der Waals surface area (Å²) in [5, 5.41) is 0. The molecule has 0 bridgehead atoms. The van der Waals surface area contributed by atoms with E-state index in [-0.39, 0.29) is 0 Å². The van der Waals surface area contributed by atoms with Crippen molar-refractivity contribution < 1.29 is 32.5 Å². The van der Waals surface area contributed by atoms with Crippen molar-refractivity contribution in [3.63, 3.8) is 0 Å². The van der Waals surface area contributed by atoms with Gasteiger partial charge in [0.05, 0.1) is 0 Å². The fourth-order valence-electron chi connectivity index (χ4n) is 0. The zero-order valence-corrected chi connectivity index (χ0v) is 4.93. The molecule has 3 N–H and O–H groups in total. The third kappa shape index (κ3) is 48.7. The van der Waals surface area contributed by atoms with Gasteiger partial charge in [0.2, 0.25) is 0 Å². The summed E-state index contributed by atoms with van der Waals surface area (Å²) in [6, 6.07) is 0. The van der Waals surface area contributed by atoms with Crippen LogP contribution in [0.5, 0.6) is 0 Å². The van der Waals surface area contributed by atoms with Gasteiger partial charge in [-0.2, -0.15) is 0 Å². The van der Waals surface area contributed by atoms with Crippen molar-refractivity contribution in [2.45, 2.75) is 0 Å². The van der Waals surface area contributed by atoms with Gasteiger partial charge in [-0.1, -0.05) is 0 Å². The van der Waals surface area contributed by atoms with Gasteiger partial charge in [-0.3, -0.25) is 0 Å². The molecule has 0 spiro atoms. The first-order valence-electron chi connectivity index (χ1n) is 0.848. The first-order valence-corrected chi connectivity index (χ1v) is 5.15. The Balaban J connectivity index is 3.02. The van der Waals surface area contributed by atoms with Crippen molar-refractivity contribution in [2.24, 2.45) is 0 Å². The van der Waals surface area contributed by atoms with Crippen LogP contribution in [0.25, 0.3) is 0 Å². The zero-order valence-electron chi connectivity index (χ0n) is 2.20. The average molecular weight is 184 g/mol. The van der Waals surface area contributed by atoms with E-state index in [1.54, 1.807) is 0 Å². The summed E-state index contributed by atoms with van der Waals surface area (Å²) in [6.45, 7) is 0. The third-order valence-electron chi connectivity index (χ3n) is 0. The molecule has 0 aliphatic carbocycles. The first kappa shape index (κ1) is 5.93. The Morgan fingerprint density at radius 2 is 1.20 bits per heavy atom. The monoisotopic (exact) mass is 185 g/mol. The van der Waals surface area contributed by atoms with E-state index >= 15 is 0 Å². The summed E-state index contributed by atoms with van der Waals surface area (Å²) in [4.78, 5) is 23.2. The molecule has 0 aliphatic heterocycles. The molecule has 0 aromatic heterocycles. The average Bonchev–Trinajstić information content (AvgIpc) is 0.722. The summed E-state index contributed by atoms with van der Waals surface area (Å²) in [6.07, 6.45) is -3.68. The molecule has 0 aromatic carbocycles. The molecule has 3 nitrogen and oxygen atoms in total. The minimum atomic E-state index is -3.68. The molecular weight excluding hydrogens is 180 g/mol. The molecule has 5 heavy (non-hydrogen) atoms. The Hall–Kier alpha value is 0.933. The van der Waals surface area contributed by atoms with Crippen molar-refractivity contribution in [3.8, 4) is 0 Å². The molecule has 0 unspecified atom stereocenters. The van der Waals surface area contributed by atoms with Crippen LogP contribution in [0, 0.1) is 0 Å². The second-order valence-corrected chi connectivity index (χ2v) is 5.11. The van der Waals surface area contributed by atoms with Crippen LogP contribution in [0.3, 0.4) is 0 Å². The molecule has 0 rings (SSSR count). The standard InChI is InChI=1S/H4O3P.Ru/c1-4(2)3;/h1-4H;/q+1;-1. The summed E-state index contributed by atoms with van der Waals surface area (Å²) < 4.78 is 0. The maximum atomic E-state index is 7.74. The molecule has 0 amide bonds. The molecule has 0 saturated heterocycles. The Morgan fingerprint density at radius 3 is 1.20 bits per heavy atom. The molecule has 0 aliphatic rings. The number of hydrogen-bond acceptors (Lipinski definition) is 3. The van der Waals surface area contributed by atoms with E-state index < -0.39 is 6.28 Å². The van der Waals surface area contributed by atoms with Gasteiger partial charge in [-0.05, 0) is 0 Å². The topological polar surface area (TPSA) is 60.7 Å². The van der Waals surface area contributed by atoms with E-state index in [0.29, 0.717) is 0 Å². The zero-order chi connectivity index (χ0) is 4.50. The van der Waals surface area contributed by atoms with E-state index in [2.05, 4.69) is 0 Å². The van der Waals surface area contributed by atoms with Crippen LogP contribution in [0.2, 0.25) is 0 Å². The summed E-state index contributed by atoms with van der Waals surface area (Å²) in [5.74, 6) is 0. The maximum absolute atomic E-state index is 7.74. The Labute approximate surface area is 39.4 Å². The van der Waals surface area contributed by atoms with Gasteiger partial charge in [0.1, 0.15) is 0 Å².